The lowest BCUT2D eigenvalue weighted by Gasteiger charge is -2.25. The van der Waals surface area contributed by atoms with E-state index in [1.165, 1.54) is 11.3 Å². The number of halogens is 1. The lowest BCUT2D eigenvalue weighted by molar-refractivity contribution is 0.655. The van der Waals surface area contributed by atoms with E-state index in [2.05, 4.69) is 68.7 Å². The third-order valence-corrected chi connectivity index (χ3v) is 4.52. The molecule has 1 unspecified atom stereocenters. The fraction of sp³-hybridized carbons (Fsp3) is 0.500. The van der Waals surface area contributed by atoms with Crippen LogP contribution in [0, 0.1) is 0 Å². The van der Waals surface area contributed by atoms with Gasteiger partial charge in [0.05, 0.1) is 0 Å². The summed E-state index contributed by atoms with van der Waals surface area (Å²) < 4.78 is 1.75. The summed E-state index contributed by atoms with van der Waals surface area (Å²) in [4.78, 5) is 11.3. The summed E-state index contributed by atoms with van der Waals surface area (Å²) in [7, 11) is 1.88. The zero-order valence-electron chi connectivity index (χ0n) is 15.6. The van der Waals surface area contributed by atoms with Crippen LogP contribution in [0.25, 0.3) is 0 Å². The van der Waals surface area contributed by atoms with Crippen molar-refractivity contribution in [1.29, 1.82) is 0 Å². The second kappa shape index (κ2) is 9.75. The smallest absolute Gasteiger partial charge is 0.191 e. The number of aromatic nitrogens is 3. The van der Waals surface area contributed by atoms with Gasteiger partial charge in [-0.3, -0.25) is 4.68 Å². The maximum absolute atomic E-state index is 4.60. The number of guanidine groups is 1. The third kappa shape index (κ3) is 4.87. The second-order valence-electron chi connectivity index (χ2n) is 6.30. The van der Waals surface area contributed by atoms with Crippen LogP contribution in [0.2, 0.25) is 0 Å². The summed E-state index contributed by atoms with van der Waals surface area (Å²) in [6.45, 7) is 7.48. The van der Waals surface area contributed by atoms with E-state index in [0.29, 0.717) is 12.6 Å². The molecule has 3 rings (SSSR count). The number of benzene rings is 1. The molecule has 0 radical (unpaired) electrons. The number of nitrogens with zero attached hydrogens (tertiary/aromatic N) is 5. The van der Waals surface area contributed by atoms with Crippen molar-refractivity contribution < 1.29 is 0 Å². The molecule has 2 aromatic rings. The summed E-state index contributed by atoms with van der Waals surface area (Å²) in [6, 6.07) is 9.22. The zero-order chi connectivity index (χ0) is 17.6. The van der Waals surface area contributed by atoms with Gasteiger partial charge in [0.25, 0.3) is 0 Å². The van der Waals surface area contributed by atoms with Crippen molar-refractivity contribution in [2.24, 2.45) is 12.0 Å². The molecule has 0 aliphatic carbocycles. The van der Waals surface area contributed by atoms with Gasteiger partial charge in [-0.1, -0.05) is 18.2 Å². The average molecular weight is 469 g/mol. The first-order valence-corrected chi connectivity index (χ1v) is 8.88. The van der Waals surface area contributed by atoms with Gasteiger partial charge in [-0.15, -0.1) is 24.0 Å². The number of aryl methyl sites for hydroxylation is 1. The van der Waals surface area contributed by atoms with E-state index in [-0.39, 0.29) is 24.0 Å². The highest BCUT2D eigenvalue weighted by molar-refractivity contribution is 14.0. The fourth-order valence-corrected chi connectivity index (χ4v) is 3.22. The van der Waals surface area contributed by atoms with E-state index >= 15 is 0 Å². The molecule has 2 heterocycles. The molecule has 0 amide bonds. The molecule has 1 atom stereocenters. The first kappa shape index (κ1) is 20.5. The van der Waals surface area contributed by atoms with Gasteiger partial charge in [0.1, 0.15) is 18.7 Å². The average Bonchev–Trinajstić information content (AvgIpc) is 3.15. The van der Waals surface area contributed by atoms with Crippen LogP contribution in [0.5, 0.6) is 0 Å². The molecular formula is C18H28IN7. The summed E-state index contributed by atoms with van der Waals surface area (Å²) in [5, 5.41) is 10.8. The molecule has 0 saturated carbocycles. The van der Waals surface area contributed by atoms with Gasteiger partial charge in [-0.2, -0.15) is 5.10 Å². The first-order chi connectivity index (χ1) is 12.2. The van der Waals surface area contributed by atoms with E-state index < -0.39 is 0 Å². The van der Waals surface area contributed by atoms with Crippen LogP contribution in [-0.2, 0) is 20.0 Å². The standard InChI is InChI=1S/C18H27N7.HI/c1-4-19-18(21-12-17-22-13-23-24(17)3)20-9-10-25-14(2)11-15-7-5-6-8-16(15)25;/h5-8,13-14H,4,9-12H2,1-3H3,(H2,19,20,21);1H. The Labute approximate surface area is 172 Å². The minimum atomic E-state index is 0. The van der Waals surface area contributed by atoms with Gasteiger partial charge < -0.3 is 15.5 Å². The number of nitrogens with one attached hydrogen (secondary N) is 2. The predicted octanol–water partition coefficient (Wildman–Crippen LogP) is 1.94. The molecule has 2 N–H and O–H groups in total. The number of hydrogen-bond donors (Lipinski definition) is 2. The van der Waals surface area contributed by atoms with Crippen LogP contribution in [0.1, 0.15) is 25.2 Å². The molecule has 1 aliphatic heterocycles. The molecule has 1 aliphatic rings. The summed E-state index contributed by atoms with van der Waals surface area (Å²) >= 11 is 0. The number of para-hydroxylation sites is 1. The molecule has 8 heteroatoms. The molecule has 0 fully saturated rings. The minimum Gasteiger partial charge on any atom is -0.367 e. The van der Waals surface area contributed by atoms with Crippen molar-refractivity contribution in [3.63, 3.8) is 0 Å². The van der Waals surface area contributed by atoms with Gasteiger partial charge in [0.2, 0.25) is 0 Å². The van der Waals surface area contributed by atoms with Crippen LogP contribution >= 0.6 is 24.0 Å². The quantitative estimate of drug-likeness (QED) is 0.385. The maximum atomic E-state index is 4.60. The van der Waals surface area contributed by atoms with Gasteiger partial charge >= 0.3 is 0 Å². The monoisotopic (exact) mass is 469 g/mol. The Morgan fingerprint density at radius 2 is 2.12 bits per heavy atom. The molecule has 142 valence electrons. The number of rotatable bonds is 6. The highest BCUT2D eigenvalue weighted by Gasteiger charge is 2.24. The van der Waals surface area contributed by atoms with E-state index in [9.17, 15) is 0 Å². The van der Waals surface area contributed by atoms with Crippen molar-refractivity contribution in [1.82, 2.24) is 25.4 Å². The van der Waals surface area contributed by atoms with Crippen molar-refractivity contribution in [2.45, 2.75) is 32.9 Å². The number of fused-ring (bicyclic) bond motifs is 1. The highest BCUT2D eigenvalue weighted by Crippen LogP contribution is 2.31. The Morgan fingerprint density at radius 1 is 1.31 bits per heavy atom. The Bertz CT molecular complexity index is 728. The summed E-state index contributed by atoms with van der Waals surface area (Å²) in [5.74, 6) is 1.66. The van der Waals surface area contributed by atoms with Crippen molar-refractivity contribution in [3.05, 3.63) is 42.0 Å². The molecule has 0 saturated heterocycles. The molecule has 0 bridgehead atoms. The van der Waals surface area contributed by atoms with Crippen LogP contribution < -0.4 is 15.5 Å². The lowest BCUT2D eigenvalue weighted by atomic mass is 10.1. The Balaban J connectivity index is 0.00000243. The van der Waals surface area contributed by atoms with Crippen molar-refractivity contribution >= 4 is 35.6 Å². The fourth-order valence-electron chi connectivity index (χ4n) is 3.22. The predicted molar refractivity (Wildman–Crippen MR) is 116 cm³/mol. The molecular weight excluding hydrogens is 441 g/mol. The van der Waals surface area contributed by atoms with Gasteiger partial charge in [0.15, 0.2) is 5.96 Å². The van der Waals surface area contributed by atoms with E-state index in [1.807, 2.05) is 7.05 Å². The summed E-state index contributed by atoms with van der Waals surface area (Å²) in [6.07, 6.45) is 2.67. The van der Waals surface area contributed by atoms with E-state index in [4.69, 9.17) is 0 Å². The van der Waals surface area contributed by atoms with Crippen LogP contribution in [-0.4, -0.2) is 46.4 Å². The maximum Gasteiger partial charge on any atom is 0.191 e. The molecule has 1 aromatic carbocycles. The minimum absolute atomic E-state index is 0. The Kier molecular flexibility index (Phi) is 7.67. The molecule has 1 aromatic heterocycles. The normalized spacial score (nSPS) is 16.2. The van der Waals surface area contributed by atoms with E-state index in [0.717, 1.165) is 37.8 Å². The topological polar surface area (TPSA) is 70.4 Å². The van der Waals surface area contributed by atoms with Gasteiger partial charge in [-0.05, 0) is 31.9 Å². The van der Waals surface area contributed by atoms with Crippen molar-refractivity contribution in [2.75, 3.05) is 24.5 Å². The third-order valence-electron chi connectivity index (χ3n) is 4.52. The van der Waals surface area contributed by atoms with Gasteiger partial charge in [-0.25, -0.2) is 9.98 Å². The number of aliphatic imine (C=N–C) groups is 1. The molecule has 7 nitrogen and oxygen atoms in total. The number of hydrogen-bond acceptors (Lipinski definition) is 4. The van der Waals surface area contributed by atoms with Gasteiger partial charge in [0, 0.05) is 38.4 Å². The Hall–Kier alpha value is -1.84. The summed E-state index contributed by atoms with van der Waals surface area (Å²) in [5.41, 5.74) is 2.80. The Morgan fingerprint density at radius 3 is 2.85 bits per heavy atom. The SMILES string of the molecule is CCNC(=NCc1ncnn1C)NCCN1c2ccccc2CC1C.I. The van der Waals surface area contributed by atoms with Crippen molar-refractivity contribution in [3.8, 4) is 0 Å². The number of anilines is 1. The van der Waals surface area contributed by atoms with Crippen LogP contribution in [0.15, 0.2) is 35.6 Å². The zero-order valence-corrected chi connectivity index (χ0v) is 18.0. The highest BCUT2D eigenvalue weighted by atomic mass is 127. The molecule has 26 heavy (non-hydrogen) atoms. The largest absolute Gasteiger partial charge is 0.367 e. The van der Waals surface area contributed by atoms with Crippen LogP contribution in [0.4, 0.5) is 5.69 Å². The first-order valence-electron chi connectivity index (χ1n) is 8.88. The van der Waals surface area contributed by atoms with Crippen LogP contribution in [0.3, 0.4) is 0 Å². The van der Waals surface area contributed by atoms with E-state index in [1.54, 1.807) is 11.0 Å². The molecule has 0 spiro atoms. The lowest BCUT2D eigenvalue weighted by Crippen LogP contribution is -2.42. The second-order valence-corrected chi connectivity index (χ2v) is 6.30.